The maximum Gasteiger partial charge on any atom is 0.224 e. The predicted molar refractivity (Wildman–Crippen MR) is 75.6 cm³/mol. The Bertz CT molecular complexity index is 511. The van der Waals surface area contributed by atoms with Crippen LogP contribution in [0.3, 0.4) is 0 Å². The molecule has 3 nitrogen and oxygen atoms in total. The van der Waals surface area contributed by atoms with Crippen molar-refractivity contribution in [1.82, 2.24) is 10.6 Å². The summed E-state index contributed by atoms with van der Waals surface area (Å²) in [5.74, 6) is 0.0223. The fourth-order valence-electron chi connectivity index (χ4n) is 3.37. The van der Waals surface area contributed by atoms with Crippen LogP contribution < -0.4 is 10.6 Å². The van der Waals surface area contributed by atoms with E-state index in [1.807, 2.05) is 13.0 Å². The van der Waals surface area contributed by atoms with Crippen LogP contribution in [0.2, 0.25) is 0 Å². The molecule has 1 aromatic carbocycles. The molecule has 1 spiro atoms. The van der Waals surface area contributed by atoms with Crippen LogP contribution in [0.5, 0.6) is 0 Å². The molecule has 0 bridgehead atoms. The predicted octanol–water partition coefficient (Wildman–Crippen LogP) is 2.39. The van der Waals surface area contributed by atoms with Crippen LogP contribution in [-0.4, -0.2) is 19.0 Å². The molecule has 1 aliphatic heterocycles. The monoisotopic (exact) mass is 276 g/mol. The van der Waals surface area contributed by atoms with E-state index in [4.69, 9.17) is 0 Å². The minimum absolute atomic E-state index is 0.128. The highest BCUT2D eigenvalue weighted by molar-refractivity contribution is 5.83. The standard InChI is InChI=1S/C16H21FN2O/c1-11(12-3-2-4-13(17)9-12)19-15(20)14-10-16(14)5-7-18-8-6-16/h2-4,9,11,14,18H,5-8,10H2,1H3,(H,19,20). The van der Waals surface area contributed by atoms with Crippen molar-refractivity contribution in [2.45, 2.75) is 32.2 Å². The molecule has 20 heavy (non-hydrogen) atoms. The molecule has 1 amide bonds. The molecule has 0 radical (unpaired) electrons. The van der Waals surface area contributed by atoms with Gasteiger partial charge in [0.2, 0.25) is 5.91 Å². The number of halogens is 1. The lowest BCUT2D eigenvalue weighted by molar-refractivity contribution is -0.123. The molecule has 108 valence electrons. The Labute approximate surface area is 118 Å². The average Bonchev–Trinajstić information content (AvgIpc) is 3.13. The molecule has 1 saturated carbocycles. The first-order valence-electron chi connectivity index (χ1n) is 7.37. The molecule has 0 aromatic heterocycles. The number of nitrogens with one attached hydrogen (secondary N) is 2. The fourth-order valence-corrected chi connectivity index (χ4v) is 3.37. The van der Waals surface area contributed by atoms with E-state index < -0.39 is 0 Å². The van der Waals surface area contributed by atoms with E-state index in [1.165, 1.54) is 12.1 Å². The maximum absolute atomic E-state index is 13.2. The zero-order valence-electron chi connectivity index (χ0n) is 11.8. The highest BCUT2D eigenvalue weighted by atomic mass is 19.1. The summed E-state index contributed by atoms with van der Waals surface area (Å²) in [5, 5.41) is 6.37. The Balaban J connectivity index is 1.60. The third kappa shape index (κ3) is 2.57. The van der Waals surface area contributed by atoms with Gasteiger partial charge in [-0.05, 0) is 62.4 Å². The first-order valence-corrected chi connectivity index (χ1v) is 7.37. The number of hydrogen-bond donors (Lipinski definition) is 2. The molecule has 1 saturated heterocycles. The molecule has 1 aliphatic carbocycles. The second-order valence-electron chi connectivity index (χ2n) is 6.15. The van der Waals surface area contributed by atoms with Crippen molar-refractivity contribution in [1.29, 1.82) is 0 Å². The van der Waals surface area contributed by atoms with E-state index in [1.54, 1.807) is 6.07 Å². The summed E-state index contributed by atoms with van der Waals surface area (Å²) in [6.45, 7) is 3.94. The number of carbonyl (C=O) groups excluding carboxylic acids is 1. The quantitative estimate of drug-likeness (QED) is 0.890. The molecule has 2 atom stereocenters. The highest BCUT2D eigenvalue weighted by Crippen LogP contribution is 2.58. The van der Waals surface area contributed by atoms with Gasteiger partial charge in [-0.25, -0.2) is 4.39 Å². The molecule has 1 heterocycles. The maximum atomic E-state index is 13.2. The minimum atomic E-state index is -0.259. The first kappa shape index (κ1) is 13.6. The van der Waals surface area contributed by atoms with Crippen LogP contribution in [0.25, 0.3) is 0 Å². The van der Waals surface area contributed by atoms with E-state index >= 15 is 0 Å². The lowest BCUT2D eigenvalue weighted by Crippen LogP contribution is -2.34. The second kappa shape index (κ2) is 5.17. The molecule has 3 rings (SSSR count). The van der Waals surface area contributed by atoms with E-state index in [0.29, 0.717) is 0 Å². The third-order valence-electron chi connectivity index (χ3n) is 4.81. The van der Waals surface area contributed by atoms with Crippen molar-refractivity contribution in [3.63, 3.8) is 0 Å². The zero-order chi connectivity index (χ0) is 14.2. The summed E-state index contributed by atoms with van der Waals surface area (Å²) in [7, 11) is 0. The van der Waals surface area contributed by atoms with E-state index in [0.717, 1.165) is 37.9 Å². The fraction of sp³-hybridized carbons (Fsp3) is 0.562. The van der Waals surface area contributed by atoms with Gasteiger partial charge in [0.1, 0.15) is 5.82 Å². The summed E-state index contributed by atoms with van der Waals surface area (Å²) < 4.78 is 13.2. The normalized spacial score (nSPS) is 25.2. The number of amides is 1. The molecular weight excluding hydrogens is 255 g/mol. The van der Waals surface area contributed by atoms with Crippen molar-refractivity contribution < 1.29 is 9.18 Å². The smallest absolute Gasteiger partial charge is 0.224 e. The second-order valence-corrected chi connectivity index (χ2v) is 6.15. The average molecular weight is 276 g/mol. The van der Waals surface area contributed by atoms with Gasteiger partial charge in [-0.3, -0.25) is 4.79 Å². The van der Waals surface area contributed by atoms with Gasteiger partial charge in [0.15, 0.2) is 0 Å². The highest BCUT2D eigenvalue weighted by Gasteiger charge is 2.57. The Morgan fingerprint density at radius 3 is 2.90 bits per heavy atom. The number of benzene rings is 1. The van der Waals surface area contributed by atoms with E-state index in [-0.39, 0.29) is 29.1 Å². The van der Waals surface area contributed by atoms with Crippen molar-refractivity contribution in [3.05, 3.63) is 35.6 Å². The van der Waals surface area contributed by atoms with Crippen LogP contribution in [-0.2, 0) is 4.79 Å². The van der Waals surface area contributed by atoms with Crippen LogP contribution in [0.15, 0.2) is 24.3 Å². The van der Waals surface area contributed by atoms with Gasteiger partial charge >= 0.3 is 0 Å². The topological polar surface area (TPSA) is 41.1 Å². The number of rotatable bonds is 3. The summed E-state index contributed by atoms with van der Waals surface area (Å²) in [6, 6.07) is 6.29. The Morgan fingerprint density at radius 2 is 2.20 bits per heavy atom. The summed E-state index contributed by atoms with van der Waals surface area (Å²) in [6.07, 6.45) is 3.20. The van der Waals surface area contributed by atoms with Gasteiger partial charge < -0.3 is 10.6 Å². The molecule has 2 fully saturated rings. The molecule has 2 unspecified atom stereocenters. The summed E-state index contributed by atoms with van der Waals surface area (Å²) in [5.41, 5.74) is 1.06. The van der Waals surface area contributed by atoms with E-state index in [9.17, 15) is 9.18 Å². The molecule has 1 aromatic rings. The largest absolute Gasteiger partial charge is 0.349 e. The van der Waals surface area contributed by atoms with Gasteiger partial charge in [0.05, 0.1) is 6.04 Å². The third-order valence-corrected chi connectivity index (χ3v) is 4.81. The minimum Gasteiger partial charge on any atom is -0.349 e. The van der Waals surface area contributed by atoms with Crippen molar-refractivity contribution in [2.75, 3.05) is 13.1 Å². The van der Waals surface area contributed by atoms with Crippen molar-refractivity contribution in [3.8, 4) is 0 Å². The first-order chi connectivity index (χ1) is 9.61. The summed E-state index contributed by atoms with van der Waals surface area (Å²) >= 11 is 0. The Morgan fingerprint density at radius 1 is 1.45 bits per heavy atom. The molecule has 2 N–H and O–H groups in total. The van der Waals surface area contributed by atoms with Crippen LogP contribution in [0.1, 0.15) is 37.8 Å². The zero-order valence-corrected chi connectivity index (χ0v) is 11.8. The van der Waals surface area contributed by atoms with E-state index in [2.05, 4.69) is 10.6 Å². The lowest BCUT2D eigenvalue weighted by atomic mass is 9.91. The molecule has 2 aliphatic rings. The summed E-state index contributed by atoms with van der Waals surface area (Å²) in [4.78, 5) is 12.3. The van der Waals surface area contributed by atoms with Gasteiger partial charge in [0.25, 0.3) is 0 Å². The SMILES string of the molecule is CC(NC(=O)C1CC12CCNCC2)c1cccc(F)c1. The van der Waals surface area contributed by atoms with Gasteiger partial charge in [-0.1, -0.05) is 12.1 Å². The van der Waals surface area contributed by atoms with Gasteiger partial charge in [-0.15, -0.1) is 0 Å². The number of carbonyl (C=O) groups is 1. The molecular formula is C16H21FN2O. The number of hydrogen-bond acceptors (Lipinski definition) is 2. The number of piperidine rings is 1. The Hall–Kier alpha value is -1.42. The lowest BCUT2D eigenvalue weighted by Gasteiger charge is -2.23. The Kier molecular flexibility index (Phi) is 3.50. The van der Waals surface area contributed by atoms with Crippen LogP contribution in [0, 0.1) is 17.2 Å². The van der Waals surface area contributed by atoms with Crippen molar-refractivity contribution >= 4 is 5.91 Å². The van der Waals surface area contributed by atoms with Crippen LogP contribution >= 0.6 is 0 Å². The van der Waals surface area contributed by atoms with Gasteiger partial charge in [-0.2, -0.15) is 0 Å². The molecule has 4 heteroatoms. The van der Waals surface area contributed by atoms with Gasteiger partial charge in [0, 0.05) is 5.92 Å². The van der Waals surface area contributed by atoms with Crippen LogP contribution in [0.4, 0.5) is 4.39 Å². The van der Waals surface area contributed by atoms with Crippen molar-refractivity contribution in [2.24, 2.45) is 11.3 Å².